The molecule has 4 nitrogen and oxygen atoms in total. The summed E-state index contributed by atoms with van der Waals surface area (Å²) >= 11 is 0. The Hall–Kier alpha value is -1.62. The number of likely N-dealkylation sites (tertiary alicyclic amines) is 1. The van der Waals surface area contributed by atoms with E-state index in [1.165, 1.54) is 24.6 Å². The first kappa shape index (κ1) is 15.8. The van der Waals surface area contributed by atoms with E-state index in [1.54, 1.807) is 0 Å². The number of carbonyl (C=O) groups excluding carboxylic acids is 1. The van der Waals surface area contributed by atoms with Crippen LogP contribution in [0.25, 0.3) is 0 Å². The third-order valence-electron chi connectivity index (χ3n) is 4.36. The molecule has 21 heavy (non-hydrogen) atoms. The molecule has 2 unspecified atom stereocenters. The molecule has 116 valence electrons. The SMILES string of the molecule is CC1CCN(CCC(=O)Nc2ccc(F)cc2N)CC1C. The summed E-state index contributed by atoms with van der Waals surface area (Å²) in [7, 11) is 0. The summed E-state index contributed by atoms with van der Waals surface area (Å²) in [5, 5.41) is 2.74. The number of amides is 1. The predicted octanol–water partition coefficient (Wildman–Crippen LogP) is 2.71. The summed E-state index contributed by atoms with van der Waals surface area (Å²) in [6.45, 7) is 7.40. The fourth-order valence-electron chi connectivity index (χ4n) is 2.67. The molecule has 1 aliphatic rings. The van der Waals surface area contributed by atoms with Gasteiger partial charge < -0.3 is 16.0 Å². The summed E-state index contributed by atoms with van der Waals surface area (Å²) in [4.78, 5) is 14.3. The van der Waals surface area contributed by atoms with Crippen LogP contribution in [-0.4, -0.2) is 30.4 Å². The van der Waals surface area contributed by atoms with Crippen molar-refractivity contribution in [2.75, 3.05) is 30.7 Å². The fourth-order valence-corrected chi connectivity index (χ4v) is 2.67. The second kappa shape index (κ2) is 6.89. The molecule has 1 amide bonds. The van der Waals surface area contributed by atoms with Crippen LogP contribution in [-0.2, 0) is 4.79 Å². The second-order valence-corrected chi connectivity index (χ2v) is 6.07. The van der Waals surface area contributed by atoms with Crippen molar-refractivity contribution in [1.82, 2.24) is 4.90 Å². The highest BCUT2D eigenvalue weighted by atomic mass is 19.1. The Kier molecular flexibility index (Phi) is 5.17. The lowest BCUT2D eigenvalue weighted by Gasteiger charge is -2.35. The average Bonchev–Trinajstić information content (AvgIpc) is 2.43. The van der Waals surface area contributed by atoms with E-state index < -0.39 is 5.82 Å². The fraction of sp³-hybridized carbons (Fsp3) is 0.562. The van der Waals surface area contributed by atoms with E-state index in [0.29, 0.717) is 18.0 Å². The van der Waals surface area contributed by atoms with Crippen molar-refractivity contribution in [3.05, 3.63) is 24.0 Å². The summed E-state index contributed by atoms with van der Waals surface area (Å²) in [6, 6.07) is 4.00. The van der Waals surface area contributed by atoms with Gasteiger partial charge in [-0.1, -0.05) is 13.8 Å². The molecule has 1 heterocycles. The van der Waals surface area contributed by atoms with Crippen molar-refractivity contribution in [3.8, 4) is 0 Å². The first-order chi connectivity index (χ1) is 9.95. The number of nitrogens with zero attached hydrogens (tertiary/aromatic N) is 1. The smallest absolute Gasteiger partial charge is 0.225 e. The number of nitrogens with two attached hydrogens (primary N) is 1. The number of halogens is 1. The number of nitrogens with one attached hydrogen (secondary N) is 1. The lowest BCUT2D eigenvalue weighted by atomic mass is 9.89. The van der Waals surface area contributed by atoms with Gasteiger partial charge in [0, 0.05) is 19.5 Å². The molecule has 0 bridgehead atoms. The van der Waals surface area contributed by atoms with E-state index in [9.17, 15) is 9.18 Å². The van der Waals surface area contributed by atoms with Gasteiger partial charge in [0.25, 0.3) is 0 Å². The maximum Gasteiger partial charge on any atom is 0.225 e. The molecule has 0 saturated carbocycles. The van der Waals surface area contributed by atoms with Crippen LogP contribution in [0.3, 0.4) is 0 Å². The van der Waals surface area contributed by atoms with Crippen LogP contribution >= 0.6 is 0 Å². The van der Waals surface area contributed by atoms with Gasteiger partial charge in [0.05, 0.1) is 11.4 Å². The molecule has 5 heteroatoms. The van der Waals surface area contributed by atoms with E-state index in [2.05, 4.69) is 24.1 Å². The maximum atomic E-state index is 12.9. The molecule has 1 aliphatic heterocycles. The first-order valence-electron chi connectivity index (χ1n) is 7.53. The van der Waals surface area contributed by atoms with E-state index >= 15 is 0 Å². The minimum atomic E-state index is -0.401. The molecule has 0 aromatic heterocycles. The number of nitrogen functional groups attached to an aromatic ring is 1. The Morgan fingerprint density at radius 2 is 2.19 bits per heavy atom. The Balaban J connectivity index is 1.80. The maximum absolute atomic E-state index is 12.9. The van der Waals surface area contributed by atoms with Crippen LogP contribution in [0.5, 0.6) is 0 Å². The Morgan fingerprint density at radius 3 is 2.86 bits per heavy atom. The number of benzene rings is 1. The Bertz CT molecular complexity index is 506. The van der Waals surface area contributed by atoms with E-state index in [0.717, 1.165) is 25.6 Å². The first-order valence-corrected chi connectivity index (χ1v) is 7.53. The average molecular weight is 293 g/mol. The summed E-state index contributed by atoms with van der Waals surface area (Å²) < 4.78 is 12.9. The highest BCUT2D eigenvalue weighted by molar-refractivity contribution is 5.93. The second-order valence-electron chi connectivity index (χ2n) is 6.07. The molecule has 0 spiro atoms. The van der Waals surface area contributed by atoms with Gasteiger partial charge in [-0.25, -0.2) is 4.39 Å². The molecule has 2 atom stereocenters. The van der Waals surface area contributed by atoms with Gasteiger partial charge in [-0.3, -0.25) is 4.79 Å². The lowest BCUT2D eigenvalue weighted by Crippen LogP contribution is -2.39. The van der Waals surface area contributed by atoms with Crippen molar-refractivity contribution >= 4 is 17.3 Å². The van der Waals surface area contributed by atoms with Crippen molar-refractivity contribution in [3.63, 3.8) is 0 Å². The number of hydrogen-bond acceptors (Lipinski definition) is 3. The topological polar surface area (TPSA) is 58.4 Å². The molecule has 1 saturated heterocycles. The number of carbonyl (C=O) groups is 1. The monoisotopic (exact) mass is 293 g/mol. The number of piperidine rings is 1. The normalized spacial score (nSPS) is 23.0. The van der Waals surface area contributed by atoms with Crippen LogP contribution < -0.4 is 11.1 Å². The molecule has 0 radical (unpaired) electrons. The molecule has 1 aromatic rings. The van der Waals surface area contributed by atoms with Crippen LogP contribution in [0.1, 0.15) is 26.7 Å². The van der Waals surface area contributed by atoms with Gasteiger partial charge >= 0.3 is 0 Å². The molecule has 3 N–H and O–H groups in total. The minimum absolute atomic E-state index is 0.0837. The van der Waals surface area contributed by atoms with E-state index in [-0.39, 0.29) is 11.6 Å². The van der Waals surface area contributed by atoms with Crippen LogP contribution in [0.4, 0.5) is 15.8 Å². The minimum Gasteiger partial charge on any atom is -0.397 e. The molecule has 1 aromatic carbocycles. The van der Waals surface area contributed by atoms with Crippen LogP contribution in [0.2, 0.25) is 0 Å². The van der Waals surface area contributed by atoms with Gasteiger partial charge in [0.1, 0.15) is 5.82 Å². The largest absolute Gasteiger partial charge is 0.397 e. The highest BCUT2D eigenvalue weighted by Gasteiger charge is 2.22. The van der Waals surface area contributed by atoms with Crippen molar-refractivity contribution < 1.29 is 9.18 Å². The predicted molar refractivity (Wildman–Crippen MR) is 83.4 cm³/mol. The summed E-state index contributed by atoms with van der Waals surface area (Å²) in [5.41, 5.74) is 6.40. The standard InChI is InChI=1S/C16H24FN3O/c1-11-5-7-20(10-12(11)2)8-6-16(21)19-15-4-3-13(17)9-14(15)18/h3-4,9,11-12H,5-8,10,18H2,1-2H3,(H,19,21). The van der Waals surface area contributed by atoms with Gasteiger partial charge in [-0.05, 0) is 43.0 Å². The Morgan fingerprint density at radius 1 is 1.43 bits per heavy atom. The lowest BCUT2D eigenvalue weighted by molar-refractivity contribution is -0.116. The third kappa shape index (κ3) is 4.43. The van der Waals surface area contributed by atoms with Gasteiger partial charge in [-0.2, -0.15) is 0 Å². The number of hydrogen-bond donors (Lipinski definition) is 2. The summed E-state index contributed by atoms with van der Waals surface area (Å²) in [5.74, 6) is 0.949. The van der Waals surface area contributed by atoms with Crippen molar-refractivity contribution in [1.29, 1.82) is 0 Å². The Labute approximate surface area is 125 Å². The number of anilines is 2. The molecule has 2 rings (SSSR count). The van der Waals surface area contributed by atoms with Gasteiger partial charge in [0.2, 0.25) is 5.91 Å². The molecular formula is C16H24FN3O. The van der Waals surface area contributed by atoms with E-state index in [1.807, 2.05) is 0 Å². The van der Waals surface area contributed by atoms with Crippen molar-refractivity contribution in [2.45, 2.75) is 26.7 Å². The molecule has 0 aliphatic carbocycles. The summed E-state index contributed by atoms with van der Waals surface area (Å²) in [6.07, 6.45) is 1.62. The highest BCUT2D eigenvalue weighted by Crippen LogP contribution is 2.23. The van der Waals surface area contributed by atoms with Gasteiger partial charge in [-0.15, -0.1) is 0 Å². The zero-order valence-corrected chi connectivity index (χ0v) is 12.7. The zero-order chi connectivity index (χ0) is 15.4. The van der Waals surface area contributed by atoms with Crippen molar-refractivity contribution in [2.24, 2.45) is 11.8 Å². The van der Waals surface area contributed by atoms with Gasteiger partial charge in [0.15, 0.2) is 0 Å². The quantitative estimate of drug-likeness (QED) is 0.839. The van der Waals surface area contributed by atoms with E-state index in [4.69, 9.17) is 5.73 Å². The third-order valence-corrected chi connectivity index (χ3v) is 4.36. The van der Waals surface area contributed by atoms with Crippen LogP contribution in [0.15, 0.2) is 18.2 Å². The van der Waals surface area contributed by atoms with Crippen LogP contribution in [0, 0.1) is 17.7 Å². The molecular weight excluding hydrogens is 269 g/mol. The number of rotatable bonds is 4. The zero-order valence-electron chi connectivity index (χ0n) is 12.7. The molecule has 1 fully saturated rings.